The van der Waals surface area contributed by atoms with E-state index >= 15 is 0 Å². The van der Waals surface area contributed by atoms with Gasteiger partial charge in [-0.05, 0) is 31.5 Å². The third-order valence-corrected chi connectivity index (χ3v) is 2.98. The third-order valence-electron chi connectivity index (χ3n) is 2.98. The van der Waals surface area contributed by atoms with Gasteiger partial charge >= 0.3 is 0 Å². The van der Waals surface area contributed by atoms with Gasteiger partial charge in [0.2, 0.25) is 0 Å². The molecule has 2 heterocycles. The normalized spacial score (nSPS) is 10.3. The summed E-state index contributed by atoms with van der Waals surface area (Å²) in [6, 6.07) is 5.58. The fourth-order valence-corrected chi connectivity index (χ4v) is 2.10. The van der Waals surface area contributed by atoms with Crippen LogP contribution in [-0.4, -0.2) is 29.0 Å². The number of aryl methyl sites for hydroxylation is 2. The van der Waals surface area contributed by atoms with Crippen molar-refractivity contribution >= 4 is 23.2 Å². The minimum absolute atomic E-state index is 0.305. The van der Waals surface area contributed by atoms with Gasteiger partial charge in [-0.25, -0.2) is 9.97 Å². The lowest BCUT2D eigenvalue weighted by Gasteiger charge is -2.12. The van der Waals surface area contributed by atoms with Crippen LogP contribution < -0.4 is 22.1 Å². The molecular weight excluding hydrogens is 280 g/mol. The number of pyridine rings is 2. The van der Waals surface area contributed by atoms with Crippen LogP contribution in [0.5, 0.6) is 0 Å². The summed E-state index contributed by atoms with van der Waals surface area (Å²) < 4.78 is 0. The van der Waals surface area contributed by atoms with Gasteiger partial charge in [-0.3, -0.25) is 4.79 Å². The summed E-state index contributed by atoms with van der Waals surface area (Å²) in [6.07, 6.45) is 1.44. The number of nitrogens with one attached hydrogen (secondary N) is 2. The average molecular weight is 300 g/mol. The van der Waals surface area contributed by atoms with Crippen molar-refractivity contribution < 1.29 is 4.79 Å². The third kappa shape index (κ3) is 3.92. The molecule has 0 saturated carbocycles. The lowest BCUT2D eigenvalue weighted by Crippen LogP contribution is -2.17. The Balaban J connectivity index is 2.35. The monoisotopic (exact) mass is 300 g/mol. The molecule has 22 heavy (non-hydrogen) atoms. The fraction of sp³-hybridized carbons (Fsp3) is 0.267. The Hall–Kier alpha value is -2.67. The first kappa shape index (κ1) is 15.7. The molecular formula is C15H20N6O. The maximum atomic E-state index is 11.6. The van der Waals surface area contributed by atoms with E-state index in [2.05, 4.69) is 20.6 Å². The lowest BCUT2D eigenvalue weighted by molar-refractivity contribution is 0.100. The molecule has 0 aromatic carbocycles. The first-order chi connectivity index (χ1) is 10.5. The highest BCUT2D eigenvalue weighted by molar-refractivity contribution is 5.99. The first-order valence-electron chi connectivity index (χ1n) is 6.95. The second-order valence-electron chi connectivity index (χ2n) is 4.99. The molecule has 7 heteroatoms. The van der Waals surface area contributed by atoms with E-state index in [0.717, 1.165) is 11.3 Å². The molecule has 0 radical (unpaired) electrons. The van der Waals surface area contributed by atoms with Crippen molar-refractivity contribution in [3.63, 3.8) is 0 Å². The Morgan fingerprint density at radius 2 is 2.00 bits per heavy atom. The topological polar surface area (TPSA) is 119 Å². The van der Waals surface area contributed by atoms with Gasteiger partial charge in [0.15, 0.2) is 0 Å². The van der Waals surface area contributed by atoms with Crippen LogP contribution in [0.25, 0.3) is 0 Å². The van der Waals surface area contributed by atoms with E-state index in [0.29, 0.717) is 36.0 Å². The van der Waals surface area contributed by atoms with E-state index in [4.69, 9.17) is 11.5 Å². The van der Waals surface area contributed by atoms with Gasteiger partial charge in [-0.2, -0.15) is 0 Å². The molecule has 2 aromatic heterocycles. The summed E-state index contributed by atoms with van der Waals surface area (Å²) in [5, 5.41) is 6.19. The summed E-state index contributed by atoms with van der Waals surface area (Å²) in [5.41, 5.74) is 13.7. The largest absolute Gasteiger partial charge is 0.369 e. The number of aromatic nitrogens is 2. The molecule has 1 amide bonds. The molecule has 0 atom stereocenters. The van der Waals surface area contributed by atoms with Crippen molar-refractivity contribution in [3.05, 3.63) is 41.2 Å². The zero-order valence-corrected chi connectivity index (χ0v) is 12.7. The number of anilines is 3. The molecule has 2 rings (SSSR count). The average Bonchev–Trinajstić information content (AvgIpc) is 2.43. The summed E-state index contributed by atoms with van der Waals surface area (Å²) in [5.74, 6) is 0.711. The van der Waals surface area contributed by atoms with E-state index in [-0.39, 0.29) is 0 Å². The Labute approximate surface area is 129 Å². The lowest BCUT2D eigenvalue weighted by atomic mass is 10.2. The molecule has 7 nitrogen and oxygen atoms in total. The minimum atomic E-state index is -0.551. The van der Waals surface area contributed by atoms with Gasteiger partial charge in [0, 0.05) is 31.0 Å². The van der Waals surface area contributed by atoms with Crippen molar-refractivity contribution in [2.75, 3.05) is 23.7 Å². The SMILES string of the molecule is Cc1cc(C)nc(Nc2cc(NCCN)ncc2C(N)=O)c1. The second kappa shape index (κ2) is 6.86. The van der Waals surface area contributed by atoms with E-state index < -0.39 is 5.91 Å². The van der Waals surface area contributed by atoms with Crippen molar-refractivity contribution in [2.24, 2.45) is 11.5 Å². The van der Waals surface area contributed by atoms with Crippen molar-refractivity contribution in [3.8, 4) is 0 Å². The predicted octanol–water partition coefficient (Wildman–Crippen LogP) is 1.31. The van der Waals surface area contributed by atoms with Crippen LogP contribution >= 0.6 is 0 Å². The summed E-state index contributed by atoms with van der Waals surface area (Å²) in [4.78, 5) is 20.1. The molecule has 0 aliphatic heterocycles. The van der Waals surface area contributed by atoms with Crippen LogP contribution in [0.1, 0.15) is 21.6 Å². The van der Waals surface area contributed by atoms with Crippen LogP contribution in [0.3, 0.4) is 0 Å². The first-order valence-corrected chi connectivity index (χ1v) is 6.95. The van der Waals surface area contributed by atoms with E-state index in [1.165, 1.54) is 6.20 Å². The Morgan fingerprint density at radius 1 is 1.23 bits per heavy atom. The van der Waals surface area contributed by atoms with Gasteiger partial charge in [0.25, 0.3) is 5.91 Å². The van der Waals surface area contributed by atoms with Crippen molar-refractivity contribution in [1.82, 2.24) is 9.97 Å². The Morgan fingerprint density at radius 3 is 2.64 bits per heavy atom. The highest BCUT2D eigenvalue weighted by Gasteiger charge is 2.11. The zero-order chi connectivity index (χ0) is 16.1. The van der Waals surface area contributed by atoms with Crippen LogP contribution in [0.4, 0.5) is 17.3 Å². The molecule has 116 valence electrons. The summed E-state index contributed by atoms with van der Waals surface area (Å²) >= 11 is 0. The number of carbonyl (C=O) groups excluding carboxylic acids is 1. The molecule has 0 fully saturated rings. The van der Waals surface area contributed by atoms with Gasteiger partial charge < -0.3 is 22.1 Å². The molecule has 2 aromatic rings. The number of carbonyl (C=O) groups is 1. The fourth-order valence-electron chi connectivity index (χ4n) is 2.10. The summed E-state index contributed by atoms with van der Waals surface area (Å²) in [7, 11) is 0. The van der Waals surface area contributed by atoms with Crippen molar-refractivity contribution in [2.45, 2.75) is 13.8 Å². The quantitative estimate of drug-likeness (QED) is 0.638. The number of rotatable bonds is 6. The molecule has 0 spiro atoms. The number of nitrogens with two attached hydrogens (primary N) is 2. The van der Waals surface area contributed by atoms with E-state index in [9.17, 15) is 4.79 Å². The molecule has 0 unspecified atom stereocenters. The maximum Gasteiger partial charge on any atom is 0.252 e. The van der Waals surface area contributed by atoms with Crippen molar-refractivity contribution in [1.29, 1.82) is 0 Å². The maximum absolute atomic E-state index is 11.6. The Kier molecular flexibility index (Phi) is 4.90. The molecule has 0 aliphatic carbocycles. The van der Waals surface area contributed by atoms with E-state index in [1.54, 1.807) is 6.07 Å². The highest BCUT2D eigenvalue weighted by Crippen LogP contribution is 2.22. The predicted molar refractivity (Wildman–Crippen MR) is 87.3 cm³/mol. The highest BCUT2D eigenvalue weighted by atomic mass is 16.1. The number of hydrogen-bond acceptors (Lipinski definition) is 6. The van der Waals surface area contributed by atoms with Gasteiger partial charge in [0.1, 0.15) is 11.6 Å². The number of nitrogens with zero attached hydrogens (tertiary/aromatic N) is 2. The molecule has 0 saturated heterocycles. The summed E-state index contributed by atoms with van der Waals surface area (Å²) in [6.45, 7) is 4.97. The van der Waals surface area contributed by atoms with Crippen LogP contribution in [0.2, 0.25) is 0 Å². The van der Waals surface area contributed by atoms with Gasteiger partial charge in [-0.15, -0.1) is 0 Å². The molecule has 0 aliphatic rings. The minimum Gasteiger partial charge on any atom is -0.369 e. The second-order valence-corrected chi connectivity index (χ2v) is 4.99. The van der Waals surface area contributed by atoms with Crippen LogP contribution in [0.15, 0.2) is 24.4 Å². The molecule has 0 bridgehead atoms. The zero-order valence-electron chi connectivity index (χ0n) is 12.7. The van der Waals surface area contributed by atoms with Crippen LogP contribution in [0, 0.1) is 13.8 Å². The standard InChI is InChI=1S/C15H20N6O/c1-9-5-10(2)20-14(6-9)21-12-7-13(18-4-3-16)19-8-11(12)15(17)22/h5-8H,3-4,16H2,1-2H3,(H2,17,22)(H2,18,19,20,21). The number of primary amides is 1. The Bertz CT molecular complexity index is 665. The number of amides is 1. The number of hydrogen-bond donors (Lipinski definition) is 4. The molecule has 6 N–H and O–H groups in total. The van der Waals surface area contributed by atoms with Gasteiger partial charge in [0.05, 0.1) is 11.3 Å². The smallest absolute Gasteiger partial charge is 0.252 e. The van der Waals surface area contributed by atoms with Crippen LogP contribution in [-0.2, 0) is 0 Å². The van der Waals surface area contributed by atoms with Gasteiger partial charge in [-0.1, -0.05) is 0 Å². The van der Waals surface area contributed by atoms with E-state index in [1.807, 2.05) is 26.0 Å².